The predicted octanol–water partition coefficient (Wildman–Crippen LogP) is 5.09. The maximum Gasteiger partial charge on any atom is 0.329 e. The largest absolute Gasteiger partial charge is 0.456 e. The third kappa shape index (κ3) is 10.7. The van der Waals surface area contributed by atoms with Gasteiger partial charge in [-0.25, -0.2) is 4.79 Å². The number of piperidine rings is 1. The van der Waals surface area contributed by atoms with Gasteiger partial charge in [0.15, 0.2) is 0 Å². The summed E-state index contributed by atoms with van der Waals surface area (Å²) >= 11 is 0. The minimum absolute atomic E-state index is 0.0102. The zero-order valence-electron chi connectivity index (χ0n) is 34.7. The van der Waals surface area contributed by atoms with Crippen molar-refractivity contribution in [2.24, 2.45) is 35.5 Å². The number of aliphatic hydroxyl groups is 3. The maximum atomic E-state index is 14.3. The lowest BCUT2D eigenvalue weighted by Gasteiger charge is -2.46. The minimum Gasteiger partial charge on any atom is -0.456 e. The molecule has 0 aromatic carbocycles. The molecule has 3 fully saturated rings. The van der Waals surface area contributed by atoms with E-state index in [0.717, 1.165) is 5.57 Å². The normalized spacial score (nSPS) is 41.2. The number of nitrogens with zero attached hydrogens (tertiary/aromatic N) is 1. The first-order chi connectivity index (χ1) is 25.9. The van der Waals surface area contributed by atoms with E-state index < -0.39 is 77.8 Å². The minimum atomic E-state index is -2.42. The highest BCUT2D eigenvalue weighted by atomic mass is 16.7. The van der Waals surface area contributed by atoms with E-state index in [1.54, 1.807) is 28.1 Å². The van der Waals surface area contributed by atoms with Crippen LogP contribution < -0.4 is 0 Å². The summed E-state index contributed by atoms with van der Waals surface area (Å²) in [4.78, 5) is 57.5. The lowest BCUT2D eigenvalue weighted by atomic mass is 9.78. The van der Waals surface area contributed by atoms with Crippen LogP contribution in [0.25, 0.3) is 0 Å². The van der Waals surface area contributed by atoms with Gasteiger partial charge < -0.3 is 39.2 Å². The smallest absolute Gasteiger partial charge is 0.329 e. The third-order valence-corrected chi connectivity index (χ3v) is 12.9. The summed E-state index contributed by atoms with van der Waals surface area (Å²) in [6.45, 7) is 13.4. The standard InChI is InChI=1S/C43H69NO11/c1-10-31-18-24(2)17-25(3)19-37(53-9)39-26(4)20-28(6)43(51,55-39)40(48)41(49)44-16-12-11-13-32(44)42(50)54-38(29(7)34(46)23-35(31)47)27(5)21-30-14-15-33(45)36(22-30)52-8/h18,21,25-26,28-34,36-39,45-46,51H,10-17,19-20,22-23H2,1-9H3/b24-18?,27-21+/t25-,26-,28+,29+,30-,31+,32-,33+,34-,36+,37-,38+,39-,43+/m0/s1. The molecule has 3 aliphatic heterocycles. The van der Waals surface area contributed by atoms with Gasteiger partial charge in [-0.05, 0) is 101 Å². The van der Waals surface area contributed by atoms with Crippen molar-refractivity contribution in [3.05, 3.63) is 23.3 Å². The number of hydrogen-bond acceptors (Lipinski definition) is 11. The Kier molecular flexibility index (Phi) is 16.3. The van der Waals surface area contributed by atoms with E-state index in [2.05, 4.69) is 6.92 Å². The number of esters is 1. The molecule has 0 unspecified atom stereocenters. The van der Waals surface area contributed by atoms with Gasteiger partial charge in [0, 0.05) is 44.9 Å². The number of cyclic esters (lactones) is 1. The zero-order chi connectivity index (χ0) is 40.8. The Labute approximate surface area is 328 Å². The van der Waals surface area contributed by atoms with Gasteiger partial charge in [0.2, 0.25) is 5.79 Å². The first-order valence-corrected chi connectivity index (χ1v) is 20.7. The van der Waals surface area contributed by atoms with Crippen molar-refractivity contribution in [2.45, 2.75) is 168 Å². The molecule has 0 aromatic heterocycles. The van der Waals surface area contributed by atoms with Crippen LogP contribution in [-0.4, -0.2) is 113 Å². The molecule has 3 N–H and O–H groups in total. The molecule has 1 saturated carbocycles. The van der Waals surface area contributed by atoms with Crippen LogP contribution in [0.2, 0.25) is 0 Å². The number of rotatable bonds is 5. The number of methoxy groups -OCH3 is 2. The fraction of sp³-hybridized carbons (Fsp3) is 0.814. The third-order valence-electron chi connectivity index (χ3n) is 12.9. The van der Waals surface area contributed by atoms with E-state index in [4.69, 9.17) is 18.9 Å². The van der Waals surface area contributed by atoms with Crippen molar-refractivity contribution >= 4 is 23.4 Å². The Morgan fingerprint density at radius 3 is 2.29 bits per heavy atom. The molecule has 2 saturated heterocycles. The number of aliphatic hydroxyl groups excluding tert-OH is 2. The van der Waals surface area contributed by atoms with E-state index in [-0.39, 0.29) is 49.0 Å². The average molecular weight is 776 g/mol. The Hall–Kier alpha value is -2.48. The second-order valence-electron chi connectivity index (χ2n) is 17.4. The average Bonchev–Trinajstić information content (AvgIpc) is 3.15. The number of ether oxygens (including phenoxy) is 4. The summed E-state index contributed by atoms with van der Waals surface area (Å²) in [5, 5.41) is 34.0. The molecular weight excluding hydrogens is 706 g/mol. The summed E-state index contributed by atoms with van der Waals surface area (Å²) in [7, 11) is 3.14. The summed E-state index contributed by atoms with van der Waals surface area (Å²) in [6, 6.07) is -1.11. The number of allylic oxidation sites excluding steroid dienone is 3. The van der Waals surface area contributed by atoms with Crippen LogP contribution in [0.15, 0.2) is 23.3 Å². The molecule has 2 bridgehead atoms. The topological polar surface area (TPSA) is 169 Å². The molecule has 4 aliphatic rings. The van der Waals surface area contributed by atoms with Crippen molar-refractivity contribution in [1.29, 1.82) is 0 Å². The second-order valence-corrected chi connectivity index (χ2v) is 17.4. The molecule has 14 atom stereocenters. The summed E-state index contributed by atoms with van der Waals surface area (Å²) < 4.78 is 24.0. The highest BCUT2D eigenvalue weighted by molar-refractivity contribution is 6.39. The molecule has 3 heterocycles. The highest BCUT2D eigenvalue weighted by Crippen LogP contribution is 2.40. The number of hydrogen-bond donors (Lipinski definition) is 3. The van der Waals surface area contributed by atoms with E-state index in [1.807, 2.05) is 39.8 Å². The van der Waals surface area contributed by atoms with Crippen molar-refractivity contribution < 1.29 is 53.4 Å². The summed E-state index contributed by atoms with van der Waals surface area (Å²) in [5.74, 6) is -7.17. The van der Waals surface area contributed by atoms with Gasteiger partial charge in [-0.1, -0.05) is 52.3 Å². The van der Waals surface area contributed by atoms with E-state index in [9.17, 15) is 34.5 Å². The van der Waals surface area contributed by atoms with Gasteiger partial charge in [-0.15, -0.1) is 0 Å². The molecule has 1 aliphatic carbocycles. The Morgan fingerprint density at radius 2 is 1.64 bits per heavy atom. The van der Waals surface area contributed by atoms with Gasteiger partial charge in [-0.2, -0.15) is 0 Å². The van der Waals surface area contributed by atoms with E-state index >= 15 is 0 Å². The Morgan fingerprint density at radius 1 is 0.945 bits per heavy atom. The van der Waals surface area contributed by atoms with Crippen LogP contribution in [0.1, 0.15) is 119 Å². The Bertz CT molecular complexity index is 1410. The van der Waals surface area contributed by atoms with Crippen molar-refractivity contribution in [3.8, 4) is 0 Å². The number of Topliss-reactive ketones (excluding diaryl/α,β-unsaturated/α-hetero) is 2. The van der Waals surface area contributed by atoms with Crippen LogP contribution in [0.4, 0.5) is 0 Å². The highest BCUT2D eigenvalue weighted by Gasteiger charge is 2.55. The quantitative estimate of drug-likeness (QED) is 0.193. The van der Waals surface area contributed by atoms with Gasteiger partial charge in [0.05, 0.1) is 30.5 Å². The summed E-state index contributed by atoms with van der Waals surface area (Å²) in [6.07, 6.45) is 5.07. The second kappa shape index (κ2) is 19.8. The SMILES string of the molecule is CC[C@@H]1C=C(C)C[C@H](C)C[C@H](OC)[C@H]2O[C@@](O)(C(=O)C(=O)N3CCCC[C@H]3C(=O)O[C@H](/C(C)=C/[C@@H]3CC[C@@H](O)[C@H](OC)C3)[C@H](C)[C@@H](O)CC1=O)[C@H](C)C[C@@H]2C. The van der Waals surface area contributed by atoms with Crippen LogP contribution >= 0.6 is 0 Å². The maximum absolute atomic E-state index is 14.3. The molecule has 312 valence electrons. The van der Waals surface area contributed by atoms with Gasteiger partial charge in [0.25, 0.3) is 11.7 Å². The molecule has 0 radical (unpaired) electrons. The number of carbonyl (C=O) groups is 4. The number of amides is 1. The van der Waals surface area contributed by atoms with E-state index in [1.165, 1.54) is 4.90 Å². The number of carbonyl (C=O) groups excluding carboxylic acids is 4. The number of ketones is 2. The van der Waals surface area contributed by atoms with Crippen molar-refractivity contribution in [3.63, 3.8) is 0 Å². The zero-order valence-corrected chi connectivity index (χ0v) is 34.7. The van der Waals surface area contributed by atoms with Crippen molar-refractivity contribution in [1.82, 2.24) is 4.90 Å². The molecule has 55 heavy (non-hydrogen) atoms. The van der Waals surface area contributed by atoms with E-state index in [0.29, 0.717) is 63.4 Å². The molecule has 4 rings (SSSR count). The number of fused-ring (bicyclic) bond motifs is 3. The lowest BCUT2D eigenvalue weighted by Crippen LogP contribution is -2.63. The van der Waals surface area contributed by atoms with Crippen molar-refractivity contribution in [2.75, 3.05) is 20.8 Å². The fourth-order valence-corrected chi connectivity index (χ4v) is 9.54. The molecule has 12 nitrogen and oxygen atoms in total. The van der Waals surface area contributed by atoms with Crippen LogP contribution in [0.3, 0.4) is 0 Å². The lowest BCUT2D eigenvalue weighted by molar-refractivity contribution is -0.290. The molecule has 0 spiro atoms. The summed E-state index contributed by atoms with van der Waals surface area (Å²) in [5.41, 5.74) is 1.70. The molecule has 12 heteroatoms. The molecule has 0 aromatic rings. The van der Waals surface area contributed by atoms with Gasteiger partial charge in [0.1, 0.15) is 17.9 Å². The Balaban J connectivity index is 1.75. The van der Waals surface area contributed by atoms with Gasteiger partial charge >= 0.3 is 5.97 Å². The van der Waals surface area contributed by atoms with Crippen LogP contribution in [0, 0.1) is 35.5 Å². The molecular formula is C43H69NO11. The van der Waals surface area contributed by atoms with Crippen LogP contribution in [-0.2, 0) is 38.1 Å². The predicted molar refractivity (Wildman–Crippen MR) is 206 cm³/mol. The fourth-order valence-electron chi connectivity index (χ4n) is 9.54. The van der Waals surface area contributed by atoms with Gasteiger partial charge in [-0.3, -0.25) is 14.4 Å². The molecule has 1 amide bonds. The monoisotopic (exact) mass is 775 g/mol. The first-order valence-electron chi connectivity index (χ1n) is 20.7. The first kappa shape index (κ1) is 45.2. The van der Waals surface area contributed by atoms with Crippen LogP contribution in [0.5, 0.6) is 0 Å².